The predicted octanol–water partition coefficient (Wildman–Crippen LogP) is 2.77. The lowest BCUT2D eigenvalue weighted by molar-refractivity contribution is -0.123. The highest BCUT2D eigenvalue weighted by molar-refractivity contribution is 7.88. The van der Waals surface area contributed by atoms with Gasteiger partial charge >= 0.3 is 0 Å². The molecule has 2 rings (SSSR count). The summed E-state index contributed by atoms with van der Waals surface area (Å²) >= 11 is 0. The maximum Gasteiger partial charge on any atom is 0.258 e. The average Bonchev–Trinajstić information content (AvgIpc) is 2.64. The van der Waals surface area contributed by atoms with Crippen molar-refractivity contribution in [2.75, 3.05) is 6.61 Å². The third-order valence-corrected chi connectivity index (χ3v) is 5.59. The van der Waals surface area contributed by atoms with Gasteiger partial charge in [-0.15, -0.1) is 0 Å². The quantitative estimate of drug-likeness (QED) is 0.638. The number of para-hydroxylation sites is 1. The Labute approximate surface area is 167 Å². The zero-order valence-electron chi connectivity index (χ0n) is 16.6. The molecular formula is C21H28N2O4S. The minimum absolute atomic E-state index is 0.0909. The van der Waals surface area contributed by atoms with Crippen LogP contribution in [-0.4, -0.2) is 27.0 Å². The van der Waals surface area contributed by atoms with Crippen molar-refractivity contribution >= 4 is 15.9 Å². The monoisotopic (exact) mass is 404 g/mol. The molecule has 0 unspecified atom stereocenters. The summed E-state index contributed by atoms with van der Waals surface area (Å²) in [5.41, 5.74) is 2.47. The van der Waals surface area contributed by atoms with Crippen LogP contribution in [0.5, 0.6) is 5.75 Å². The molecule has 0 radical (unpaired) electrons. The van der Waals surface area contributed by atoms with Gasteiger partial charge in [0.15, 0.2) is 6.61 Å². The molecule has 152 valence electrons. The zero-order valence-corrected chi connectivity index (χ0v) is 17.4. The molecule has 7 heteroatoms. The molecule has 0 saturated carbocycles. The second-order valence-electron chi connectivity index (χ2n) is 6.83. The summed E-state index contributed by atoms with van der Waals surface area (Å²) in [6.45, 7) is 5.74. The first kappa shape index (κ1) is 21.9. The van der Waals surface area contributed by atoms with Gasteiger partial charge in [0.1, 0.15) is 5.75 Å². The molecule has 28 heavy (non-hydrogen) atoms. The van der Waals surface area contributed by atoms with Crippen LogP contribution >= 0.6 is 0 Å². The SMILES string of the molecule is CCc1ccccc1OCC(=O)NCc1ccccc1CS(=O)(=O)NC(C)C. The fourth-order valence-electron chi connectivity index (χ4n) is 2.80. The van der Waals surface area contributed by atoms with Crippen molar-refractivity contribution < 1.29 is 17.9 Å². The van der Waals surface area contributed by atoms with Gasteiger partial charge < -0.3 is 10.1 Å². The van der Waals surface area contributed by atoms with Crippen LogP contribution in [0.15, 0.2) is 48.5 Å². The van der Waals surface area contributed by atoms with Gasteiger partial charge in [-0.05, 0) is 43.0 Å². The van der Waals surface area contributed by atoms with Crippen molar-refractivity contribution in [1.29, 1.82) is 0 Å². The number of hydrogen-bond acceptors (Lipinski definition) is 4. The van der Waals surface area contributed by atoms with Crippen LogP contribution in [0.25, 0.3) is 0 Å². The Hall–Kier alpha value is -2.38. The smallest absolute Gasteiger partial charge is 0.258 e. The Morgan fingerprint density at radius 2 is 1.61 bits per heavy atom. The Bertz CT molecular complexity index is 895. The highest BCUT2D eigenvalue weighted by atomic mass is 32.2. The van der Waals surface area contributed by atoms with Gasteiger partial charge in [-0.1, -0.05) is 49.4 Å². The van der Waals surface area contributed by atoms with Crippen molar-refractivity contribution in [2.24, 2.45) is 0 Å². The molecule has 0 bridgehead atoms. The van der Waals surface area contributed by atoms with Crippen LogP contribution in [0.3, 0.4) is 0 Å². The molecule has 6 nitrogen and oxygen atoms in total. The van der Waals surface area contributed by atoms with Crippen molar-refractivity contribution in [3.63, 3.8) is 0 Å². The molecule has 0 aliphatic rings. The number of carbonyl (C=O) groups excluding carboxylic acids is 1. The Kier molecular flexibility index (Phi) is 8.02. The van der Waals surface area contributed by atoms with Gasteiger partial charge in [0.05, 0.1) is 5.75 Å². The Morgan fingerprint density at radius 1 is 1.00 bits per heavy atom. The number of aryl methyl sites for hydroxylation is 1. The van der Waals surface area contributed by atoms with Crippen LogP contribution in [0.1, 0.15) is 37.5 Å². The lowest BCUT2D eigenvalue weighted by Crippen LogP contribution is -2.32. The van der Waals surface area contributed by atoms with E-state index in [1.807, 2.05) is 43.3 Å². The molecule has 2 N–H and O–H groups in total. The average molecular weight is 405 g/mol. The lowest BCUT2D eigenvalue weighted by Gasteiger charge is -2.14. The van der Waals surface area contributed by atoms with Gasteiger partial charge in [-0.2, -0.15) is 0 Å². The molecule has 0 aliphatic carbocycles. The second kappa shape index (κ2) is 10.2. The first-order valence-corrected chi connectivity index (χ1v) is 11.0. The fraction of sp³-hybridized carbons (Fsp3) is 0.381. The van der Waals surface area contributed by atoms with Crippen LogP contribution < -0.4 is 14.8 Å². The van der Waals surface area contributed by atoms with Gasteiger partial charge in [-0.25, -0.2) is 13.1 Å². The summed E-state index contributed by atoms with van der Waals surface area (Å²) in [5.74, 6) is 0.313. The van der Waals surface area contributed by atoms with Gasteiger partial charge in [0, 0.05) is 12.6 Å². The summed E-state index contributed by atoms with van der Waals surface area (Å²) in [5, 5.41) is 2.79. The van der Waals surface area contributed by atoms with Crippen molar-refractivity contribution in [3.05, 3.63) is 65.2 Å². The third kappa shape index (κ3) is 6.98. The highest BCUT2D eigenvalue weighted by Crippen LogP contribution is 2.18. The number of amides is 1. The van der Waals surface area contributed by atoms with Crippen molar-refractivity contribution in [2.45, 2.75) is 45.5 Å². The van der Waals surface area contributed by atoms with E-state index in [1.54, 1.807) is 26.0 Å². The maximum absolute atomic E-state index is 12.2. The first-order chi connectivity index (χ1) is 13.3. The standard InChI is InChI=1S/C21H28N2O4S/c1-4-17-9-7-8-12-20(17)27-14-21(24)22-13-18-10-5-6-11-19(18)15-28(25,26)23-16(2)3/h5-12,16,23H,4,13-15H2,1-3H3,(H,22,24). The summed E-state index contributed by atoms with van der Waals surface area (Å²) in [6.07, 6.45) is 0.823. The first-order valence-electron chi connectivity index (χ1n) is 9.35. The molecule has 0 aliphatic heterocycles. The molecule has 0 atom stereocenters. The summed E-state index contributed by atoms with van der Waals surface area (Å²) in [4.78, 5) is 12.2. The second-order valence-corrected chi connectivity index (χ2v) is 8.58. The minimum atomic E-state index is -3.44. The summed E-state index contributed by atoms with van der Waals surface area (Å²) in [6, 6.07) is 14.6. The lowest BCUT2D eigenvalue weighted by atomic mass is 10.1. The maximum atomic E-state index is 12.2. The van der Waals surface area contributed by atoms with Crippen LogP contribution in [0, 0.1) is 0 Å². The molecule has 0 aromatic heterocycles. The van der Waals surface area contributed by atoms with E-state index in [4.69, 9.17) is 4.74 Å². The van der Waals surface area contributed by atoms with Gasteiger partial charge in [0.2, 0.25) is 10.0 Å². The Balaban J connectivity index is 1.94. The van der Waals surface area contributed by atoms with E-state index in [0.29, 0.717) is 11.3 Å². The van der Waals surface area contributed by atoms with E-state index in [0.717, 1.165) is 17.5 Å². The van der Waals surface area contributed by atoms with Crippen LogP contribution in [0.4, 0.5) is 0 Å². The highest BCUT2D eigenvalue weighted by Gasteiger charge is 2.15. The molecule has 0 spiro atoms. The number of hydrogen-bond donors (Lipinski definition) is 2. The third-order valence-electron chi connectivity index (χ3n) is 4.07. The van der Waals surface area contributed by atoms with Crippen LogP contribution in [-0.2, 0) is 33.5 Å². The minimum Gasteiger partial charge on any atom is -0.483 e. The van der Waals surface area contributed by atoms with Crippen LogP contribution in [0.2, 0.25) is 0 Å². The number of rotatable bonds is 10. The molecular weight excluding hydrogens is 376 g/mol. The van der Waals surface area contributed by atoms with Gasteiger partial charge in [-0.3, -0.25) is 4.79 Å². The number of benzene rings is 2. The predicted molar refractivity (Wildman–Crippen MR) is 110 cm³/mol. The molecule has 0 saturated heterocycles. The molecule has 2 aromatic carbocycles. The molecule has 1 amide bonds. The number of ether oxygens (including phenoxy) is 1. The van der Waals surface area contributed by atoms with E-state index in [2.05, 4.69) is 10.0 Å². The van der Waals surface area contributed by atoms with E-state index < -0.39 is 10.0 Å². The van der Waals surface area contributed by atoms with E-state index >= 15 is 0 Å². The summed E-state index contributed by atoms with van der Waals surface area (Å²) < 4.78 is 32.6. The van der Waals surface area contributed by atoms with Gasteiger partial charge in [0.25, 0.3) is 5.91 Å². The fourth-order valence-corrected chi connectivity index (χ4v) is 4.29. The largest absolute Gasteiger partial charge is 0.483 e. The number of sulfonamides is 1. The Morgan fingerprint density at radius 3 is 2.25 bits per heavy atom. The van der Waals surface area contributed by atoms with E-state index in [1.165, 1.54) is 0 Å². The molecule has 0 fully saturated rings. The van der Waals surface area contributed by atoms with Crippen molar-refractivity contribution in [3.8, 4) is 5.75 Å². The van der Waals surface area contributed by atoms with E-state index in [-0.39, 0.29) is 30.9 Å². The molecule has 2 aromatic rings. The normalized spacial score (nSPS) is 11.4. The summed E-state index contributed by atoms with van der Waals surface area (Å²) in [7, 11) is -3.44. The van der Waals surface area contributed by atoms with Crippen molar-refractivity contribution in [1.82, 2.24) is 10.0 Å². The number of carbonyl (C=O) groups is 1. The number of nitrogens with one attached hydrogen (secondary N) is 2. The zero-order chi connectivity index (χ0) is 20.6. The van der Waals surface area contributed by atoms with E-state index in [9.17, 15) is 13.2 Å². The topological polar surface area (TPSA) is 84.5 Å². The molecule has 0 heterocycles.